The van der Waals surface area contributed by atoms with Crippen LogP contribution in [0.1, 0.15) is 39.6 Å². The fourth-order valence-corrected chi connectivity index (χ4v) is 3.87. The fourth-order valence-electron chi connectivity index (χ4n) is 3.74. The molecule has 152 valence electrons. The molecule has 0 bridgehead atoms. The predicted molar refractivity (Wildman–Crippen MR) is 122 cm³/mol. The van der Waals surface area contributed by atoms with Crippen LogP contribution in [0.4, 0.5) is 0 Å². The number of fused-ring (bicyclic) bond motifs is 1. The number of rotatable bonds is 3. The van der Waals surface area contributed by atoms with Gasteiger partial charge in [0.15, 0.2) is 0 Å². The van der Waals surface area contributed by atoms with Gasteiger partial charge in [-0.15, -0.1) is 0 Å². The van der Waals surface area contributed by atoms with Gasteiger partial charge in [0, 0.05) is 11.4 Å². The molecule has 4 aromatic rings. The maximum atomic E-state index is 13.5. The van der Waals surface area contributed by atoms with Crippen LogP contribution in [0, 0.1) is 6.92 Å². The predicted octanol–water partition coefficient (Wildman–Crippen LogP) is 5.58. The molecular formula is C25H19ClN4O. The summed E-state index contributed by atoms with van der Waals surface area (Å²) in [7, 11) is 0. The number of amides is 1. The molecule has 1 aliphatic rings. The average molecular weight is 427 g/mol. The lowest BCUT2D eigenvalue weighted by Gasteiger charge is -2.21. The van der Waals surface area contributed by atoms with Crippen LogP contribution in [0.15, 0.2) is 84.1 Å². The summed E-state index contributed by atoms with van der Waals surface area (Å²) in [5.74, 6) is -0.277. The number of hydrazone groups is 1. The highest BCUT2D eigenvalue weighted by molar-refractivity contribution is 6.30. The van der Waals surface area contributed by atoms with E-state index in [-0.39, 0.29) is 17.6 Å². The molecule has 0 saturated heterocycles. The van der Waals surface area contributed by atoms with Crippen molar-refractivity contribution in [2.24, 2.45) is 5.10 Å². The van der Waals surface area contributed by atoms with E-state index in [1.165, 1.54) is 16.8 Å². The third-order valence-electron chi connectivity index (χ3n) is 5.43. The van der Waals surface area contributed by atoms with E-state index >= 15 is 0 Å². The Morgan fingerprint density at radius 2 is 1.68 bits per heavy atom. The minimum Gasteiger partial charge on any atom is -0.265 e. The van der Waals surface area contributed by atoms with E-state index in [0.717, 1.165) is 22.4 Å². The van der Waals surface area contributed by atoms with Gasteiger partial charge in [-0.2, -0.15) is 5.10 Å². The standard InChI is InChI=1S/C25H19ClN4O/c1-16-6-8-17(9-7-16)22-14-24(18-10-12-19(26)13-11-18)30(29-22)25(31)23-15-27-20-4-2-3-5-21(20)28-23/h2-13,15,24H,14H2,1H3. The number of halogens is 1. The lowest BCUT2D eigenvalue weighted by atomic mass is 9.98. The highest BCUT2D eigenvalue weighted by atomic mass is 35.5. The van der Waals surface area contributed by atoms with E-state index in [9.17, 15) is 4.79 Å². The van der Waals surface area contributed by atoms with Crippen molar-refractivity contribution in [2.75, 3.05) is 0 Å². The summed E-state index contributed by atoms with van der Waals surface area (Å²) < 4.78 is 0. The maximum absolute atomic E-state index is 13.5. The molecule has 0 radical (unpaired) electrons. The van der Waals surface area contributed by atoms with Gasteiger partial charge in [-0.25, -0.2) is 9.99 Å². The molecule has 3 aromatic carbocycles. The third-order valence-corrected chi connectivity index (χ3v) is 5.68. The monoisotopic (exact) mass is 426 g/mol. The highest BCUT2D eigenvalue weighted by Crippen LogP contribution is 2.34. The van der Waals surface area contributed by atoms with Crippen molar-refractivity contribution in [2.45, 2.75) is 19.4 Å². The number of benzene rings is 3. The molecule has 1 amide bonds. The maximum Gasteiger partial charge on any atom is 0.294 e. The van der Waals surface area contributed by atoms with Gasteiger partial charge in [0.05, 0.1) is 29.0 Å². The lowest BCUT2D eigenvalue weighted by molar-refractivity contribution is 0.0705. The molecule has 0 fully saturated rings. The number of carbonyl (C=O) groups excluding carboxylic acids is 1. The Labute approximate surface area is 185 Å². The zero-order valence-electron chi connectivity index (χ0n) is 16.9. The van der Waals surface area contributed by atoms with E-state index < -0.39 is 0 Å². The van der Waals surface area contributed by atoms with Gasteiger partial charge >= 0.3 is 0 Å². The number of nitrogens with zero attached hydrogens (tertiary/aromatic N) is 4. The van der Waals surface area contributed by atoms with Crippen molar-refractivity contribution in [3.8, 4) is 0 Å². The molecule has 0 spiro atoms. The van der Waals surface area contributed by atoms with Gasteiger partial charge in [0.1, 0.15) is 5.69 Å². The Hall–Kier alpha value is -3.57. The smallest absolute Gasteiger partial charge is 0.265 e. The van der Waals surface area contributed by atoms with Crippen molar-refractivity contribution in [3.05, 3.63) is 106 Å². The Kier molecular flexibility index (Phi) is 4.96. The highest BCUT2D eigenvalue weighted by Gasteiger charge is 2.34. The number of aromatic nitrogens is 2. The first kappa shape index (κ1) is 19.4. The number of hydrogen-bond donors (Lipinski definition) is 0. The zero-order valence-corrected chi connectivity index (χ0v) is 17.6. The first-order valence-corrected chi connectivity index (χ1v) is 10.4. The van der Waals surface area contributed by atoms with Crippen LogP contribution in [0.3, 0.4) is 0 Å². The Balaban J connectivity index is 1.55. The molecular weight excluding hydrogens is 408 g/mol. The van der Waals surface area contributed by atoms with Crippen molar-refractivity contribution < 1.29 is 4.79 Å². The SMILES string of the molecule is Cc1ccc(C2=NN(C(=O)c3cnc4ccccc4n3)C(c3ccc(Cl)cc3)C2)cc1. The molecule has 1 aromatic heterocycles. The third kappa shape index (κ3) is 3.80. The number of aryl methyl sites for hydroxylation is 1. The van der Waals surface area contributed by atoms with Gasteiger partial charge in [0.2, 0.25) is 0 Å². The zero-order chi connectivity index (χ0) is 21.4. The number of para-hydroxylation sites is 2. The first-order valence-electron chi connectivity index (χ1n) is 10.0. The van der Waals surface area contributed by atoms with Gasteiger partial charge in [0.25, 0.3) is 5.91 Å². The van der Waals surface area contributed by atoms with Gasteiger partial charge in [-0.3, -0.25) is 9.78 Å². The van der Waals surface area contributed by atoms with Crippen LogP contribution in [-0.4, -0.2) is 26.6 Å². The first-order chi connectivity index (χ1) is 15.1. The molecule has 5 nitrogen and oxygen atoms in total. The van der Waals surface area contributed by atoms with Crippen LogP contribution < -0.4 is 0 Å². The van der Waals surface area contributed by atoms with Crippen LogP contribution in [0.2, 0.25) is 5.02 Å². The summed E-state index contributed by atoms with van der Waals surface area (Å²) in [5.41, 5.74) is 5.71. The summed E-state index contributed by atoms with van der Waals surface area (Å²) in [6.45, 7) is 2.05. The molecule has 5 rings (SSSR count). The van der Waals surface area contributed by atoms with Crippen LogP contribution in [0.5, 0.6) is 0 Å². The summed E-state index contributed by atoms with van der Waals surface area (Å²) in [6, 6.07) is 23.0. The molecule has 1 aliphatic heterocycles. The fraction of sp³-hybridized carbons (Fsp3) is 0.120. The number of hydrogen-bond acceptors (Lipinski definition) is 4. The van der Waals surface area contributed by atoms with Crippen molar-refractivity contribution >= 4 is 34.3 Å². The molecule has 1 atom stereocenters. The Morgan fingerprint density at radius 3 is 2.42 bits per heavy atom. The van der Waals surface area contributed by atoms with Gasteiger partial charge in [-0.1, -0.05) is 65.7 Å². The van der Waals surface area contributed by atoms with E-state index in [0.29, 0.717) is 17.0 Å². The molecule has 31 heavy (non-hydrogen) atoms. The van der Waals surface area contributed by atoms with E-state index in [4.69, 9.17) is 16.7 Å². The second-order valence-electron chi connectivity index (χ2n) is 7.58. The molecule has 6 heteroatoms. The minimum atomic E-state index is -0.277. The second kappa shape index (κ2) is 7.93. The van der Waals surface area contributed by atoms with Crippen molar-refractivity contribution in [1.29, 1.82) is 0 Å². The van der Waals surface area contributed by atoms with Gasteiger partial charge < -0.3 is 0 Å². The van der Waals surface area contributed by atoms with Crippen LogP contribution in [0.25, 0.3) is 11.0 Å². The quantitative estimate of drug-likeness (QED) is 0.429. The van der Waals surface area contributed by atoms with Gasteiger partial charge in [-0.05, 0) is 42.3 Å². The normalized spacial score (nSPS) is 15.9. The molecule has 2 heterocycles. The summed E-state index contributed by atoms with van der Waals surface area (Å²) in [4.78, 5) is 22.4. The Bertz CT molecular complexity index is 1300. The minimum absolute atomic E-state index is 0.241. The summed E-state index contributed by atoms with van der Waals surface area (Å²) >= 11 is 6.08. The topological polar surface area (TPSA) is 58.5 Å². The molecule has 0 saturated carbocycles. The molecule has 0 aliphatic carbocycles. The van der Waals surface area contributed by atoms with E-state index in [1.807, 2.05) is 67.6 Å². The van der Waals surface area contributed by atoms with Crippen LogP contribution >= 0.6 is 11.6 Å². The van der Waals surface area contributed by atoms with E-state index in [2.05, 4.69) is 22.1 Å². The van der Waals surface area contributed by atoms with Crippen LogP contribution in [-0.2, 0) is 0 Å². The lowest BCUT2D eigenvalue weighted by Crippen LogP contribution is -2.28. The summed E-state index contributed by atoms with van der Waals surface area (Å²) in [5, 5.41) is 6.90. The van der Waals surface area contributed by atoms with Crippen molar-refractivity contribution in [3.63, 3.8) is 0 Å². The van der Waals surface area contributed by atoms with Crippen molar-refractivity contribution in [1.82, 2.24) is 15.0 Å². The largest absolute Gasteiger partial charge is 0.294 e. The average Bonchev–Trinajstić information content (AvgIpc) is 3.24. The number of carbonyl (C=O) groups is 1. The molecule has 1 unspecified atom stereocenters. The van der Waals surface area contributed by atoms with E-state index in [1.54, 1.807) is 0 Å². The second-order valence-corrected chi connectivity index (χ2v) is 8.01. The molecule has 0 N–H and O–H groups in total. The Morgan fingerprint density at radius 1 is 0.968 bits per heavy atom. The summed E-state index contributed by atoms with van der Waals surface area (Å²) in [6.07, 6.45) is 2.13.